The molecule has 0 aromatic heterocycles. The highest BCUT2D eigenvalue weighted by molar-refractivity contribution is 6.03. The van der Waals surface area contributed by atoms with Crippen LogP contribution in [0.25, 0.3) is 0 Å². The number of hydrogen-bond acceptors (Lipinski definition) is 2. The van der Waals surface area contributed by atoms with E-state index in [0.717, 1.165) is 41.9 Å². The molecule has 3 nitrogen and oxygen atoms in total. The van der Waals surface area contributed by atoms with Crippen molar-refractivity contribution in [3.63, 3.8) is 0 Å². The summed E-state index contributed by atoms with van der Waals surface area (Å²) in [4.78, 5) is 14.9. The summed E-state index contributed by atoms with van der Waals surface area (Å²) >= 11 is 0. The van der Waals surface area contributed by atoms with Gasteiger partial charge in [-0.2, -0.15) is 0 Å². The molecule has 1 aliphatic rings. The second kappa shape index (κ2) is 6.32. The van der Waals surface area contributed by atoms with Gasteiger partial charge in [0.15, 0.2) is 0 Å². The number of rotatable bonds is 3. The first-order chi connectivity index (χ1) is 10.6. The molecule has 1 fully saturated rings. The third-order valence-electron chi connectivity index (χ3n) is 4.10. The number of aryl methyl sites for hydroxylation is 2. The molecule has 2 aromatic carbocycles. The van der Waals surface area contributed by atoms with Gasteiger partial charge in [0.2, 0.25) is 5.91 Å². The standard InChI is InChI=1S/C19H22N2O/c1-14-6-3-8-16(12-14)21(17-9-4-7-15(2)13-17)19(22)18-10-5-11-20-18/h3-4,6-9,12-13,18,20H,5,10-11H2,1-2H3. The molecule has 3 rings (SSSR count). The van der Waals surface area contributed by atoms with Gasteiger partial charge in [-0.15, -0.1) is 0 Å². The highest BCUT2D eigenvalue weighted by atomic mass is 16.2. The number of benzene rings is 2. The highest BCUT2D eigenvalue weighted by Gasteiger charge is 2.28. The van der Waals surface area contributed by atoms with E-state index in [0.29, 0.717) is 0 Å². The van der Waals surface area contributed by atoms with Crippen molar-refractivity contribution in [2.75, 3.05) is 11.4 Å². The molecule has 0 aliphatic carbocycles. The van der Waals surface area contributed by atoms with Crippen molar-refractivity contribution < 1.29 is 4.79 Å². The summed E-state index contributed by atoms with van der Waals surface area (Å²) in [6, 6.07) is 16.2. The fourth-order valence-electron chi connectivity index (χ4n) is 2.99. The molecule has 22 heavy (non-hydrogen) atoms. The third kappa shape index (κ3) is 3.04. The molecule has 1 N–H and O–H groups in total. The van der Waals surface area contributed by atoms with E-state index in [-0.39, 0.29) is 11.9 Å². The Hall–Kier alpha value is -2.13. The van der Waals surface area contributed by atoms with Crippen molar-refractivity contribution in [3.05, 3.63) is 59.7 Å². The maximum Gasteiger partial charge on any atom is 0.248 e. The summed E-state index contributed by atoms with van der Waals surface area (Å²) in [5.41, 5.74) is 4.18. The Morgan fingerprint density at radius 2 is 1.64 bits per heavy atom. The van der Waals surface area contributed by atoms with Gasteiger partial charge in [0, 0.05) is 11.4 Å². The summed E-state index contributed by atoms with van der Waals surface area (Å²) in [5.74, 6) is 0.133. The van der Waals surface area contributed by atoms with Crippen LogP contribution >= 0.6 is 0 Å². The first kappa shape index (κ1) is 14.8. The highest BCUT2D eigenvalue weighted by Crippen LogP contribution is 2.28. The lowest BCUT2D eigenvalue weighted by Crippen LogP contribution is -2.41. The van der Waals surface area contributed by atoms with Gasteiger partial charge in [0.1, 0.15) is 0 Å². The molecular weight excluding hydrogens is 272 g/mol. The molecule has 1 heterocycles. The van der Waals surface area contributed by atoms with Crippen LogP contribution in [0.4, 0.5) is 11.4 Å². The van der Waals surface area contributed by atoms with Crippen LogP contribution in [0.2, 0.25) is 0 Å². The number of amides is 1. The largest absolute Gasteiger partial charge is 0.306 e. The second-order valence-electron chi connectivity index (χ2n) is 6.00. The van der Waals surface area contributed by atoms with Crippen LogP contribution in [0, 0.1) is 13.8 Å². The Labute approximate surface area is 132 Å². The molecule has 3 heteroatoms. The van der Waals surface area contributed by atoms with Crippen LogP contribution < -0.4 is 10.2 Å². The molecule has 1 unspecified atom stereocenters. The molecule has 0 bridgehead atoms. The van der Waals surface area contributed by atoms with Crippen molar-refractivity contribution in [1.29, 1.82) is 0 Å². The normalized spacial score (nSPS) is 17.5. The minimum Gasteiger partial charge on any atom is -0.306 e. The van der Waals surface area contributed by atoms with Gasteiger partial charge >= 0.3 is 0 Å². The smallest absolute Gasteiger partial charge is 0.248 e. The topological polar surface area (TPSA) is 32.3 Å². The summed E-state index contributed by atoms with van der Waals surface area (Å²) in [6.07, 6.45) is 1.97. The fourth-order valence-corrected chi connectivity index (χ4v) is 2.99. The molecule has 114 valence electrons. The Kier molecular flexibility index (Phi) is 4.25. The molecule has 0 saturated carbocycles. The van der Waals surface area contributed by atoms with Crippen molar-refractivity contribution >= 4 is 17.3 Å². The molecular formula is C19H22N2O. The van der Waals surface area contributed by atoms with E-state index in [2.05, 4.69) is 43.4 Å². The van der Waals surface area contributed by atoms with Gasteiger partial charge in [-0.1, -0.05) is 24.3 Å². The average Bonchev–Trinajstić information content (AvgIpc) is 3.02. The van der Waals surface area contributed by atoms with Gasteiger partial charge in [0.25, 0.3) is 0 Å². The Morgan fingerprint density at radius 3 is 2.09 bits per heavy atom. The lowest BCUT2D eigenvalue weighted by molar-refractivity contribution is -0.119. The Balaban J connectivity index is 2.03. The first-order valence-corrected chi connectivity index (χ1v) is 7.86. The van der Waals surface area contributed by atoms with E-state index in [1.165, 1.54) is 0 Å². The maximum atomic E-state index is 13.0. The number of nitrogens with one attached hydrogen (secondary N) is 1. The number of carbonyl (C=O) groups is 1. The lowest BCUT2D eigenvalue weighted by Gasteiger charge is -2.26. The van der Waals surface area contributed by atoms with E-state index in [9.17, 15) is 4.79 Å². The predicted octanol–water partition coefficient (Wildman–Crippen LogP) is 3.72. The maximum absolute atomic E-state index is 13.0. The molecule has 1 saturated heterocycles. The third-order valence-corrected chi connectivity index (χ3v) is 4.10. The van der Waals surface area contributed by atoms with Crippen LogP contribution in [-0.4, -0.2) is 18.5 Å². The van der Waals surface area contributed by atoms with E-state index in [4.69, 9.17) is 0 Å². The lowest BCUT2D eigenvalue weighted by atomic mass is 10.1. The van der Waals surface area contributed by atoms with Crippen molar-refractivity contribution in [2.24, 2.45) is 0 Å². The van der Waals surface area contributed by atoms with Crippen molar-refractivity contribution in [2.45, 2.75) is 32.7 Å². The minimum absolute atomic E-state index is 0.0824. The van der Waals surface area contributed by atoms with E-state index < -0.39 is 0 Å². The monoisotopic (exact) mass is 294 g/mol. The van der Waals surface area contributed by atoms with Crippen LogP contribution in [0.3, 0.4) is 0 Å². The summed E-state index contributed by atoms with van der Waals surface area (Å²) in [5, 5.41) is 3.31. The first-order valence-electron chi connectivity index (χ1n) is 7.86. The van der Waals surface area contributed by atoms with Gasteiger partial charge in [-0.05, 0) is 68.6 Å². The van der Waals surface area contributed by atoms with Crippen molar-refractivity contribution in [1.82, 2.24) is 5.32 Å². The van der Waals surface area contributed by atoms with Crippen molar-refractivity contribution in [3.8, 4) is 0 Å². The summed E-state index contributed by atoms with van der Waals surface area (Å²) in [7, 11) is 0. The van der Waals surface area contributed by atoms with Crippen LogP contribution in [0.1, 0.15) is 24.0 Å². The summed E-state index contributed by atoms with van der Waals surface area (Å²) < 4.78 is 0. The Morgan fingerprint density at radius 1 is 1.05 bits per heavy atom. The predicted molar refractivity (Wildman–Crippen MR) is 90.5 cm³/mol. The second-order valence-corrected chi connectivity index (χ2v) is 6.00. The number of carbonyl (C=O) groups excluding carboxylic acids is 1. The molecule has 1 aliphatic heterocycles. The zero-order chi connectivity index (χ0) is 15.5. The van der Waals surface area contributed by atoms with E-state index in [1.54, 1.807) is 0 Å². The SMILES string of the molecule is Cc1cccc(N(C(=O)C2CCCN2)c2cccc(C)c2)c1. The molecule has 1 amide bonds. The zero-order valence-corrected chi connectivity index (χ0v) is 13.2. The molecule has 0 spiro atoms. The van der Waals surface area contributed by atoms with Crippen LogP contribution in [0.15, 0.2) is 48.5 Å². The van der Waals surface area contributed by atoms with Gasteiger partial charge < -0.3 is 5.32 Å². The minimum atomic E-state index is -0.0824. The van der Waals surface area contributed by atoms with Crippen LogP contribution in [-0.2, 0) is 4.79 Å². The van der Waals surface area contributed by atoms with Gasteiger partial charge in [-0.25, -0.2) is 0 Å². The summed E-state index contributed by atoms with van der Waals surface area (Å²) in [6.45, 7) is 5.03. The zero-order valence-electron chi connectivity index (χ0n) is 13.2. The Bertz CT molecular complexity index is 629. The number of hydrogen-bond donors (Lipinski definition) is 1. The molecule has 0 radical (unpaired) electrons. The quantitative estimate of drug-likeness (QED) is 0.935. The molecule has 1 atom stereocenters. The van der Waals surface area contributed by atoms with Gasteiger partial charge in [-0.3, -0.25) is 9.69 Å². The fraction of sp³-hybridized carbons (Fsp3) is 0.316. The van der Waals surface area contributed by atoms with E-state index >= 15 is 0 Å². The molecule has 2 aromatic rings. The average molecular weight is 294 g/mol. The van der Waals surface area contributed by atoms with E-state index in [1.807, 2.05) is 29.2 Å². The number of nitrogens with zero attached hydrogens (tertiary/aromatic N) is 1. The van der Waals surface area contributed by atoms with Crippen LogP contribution in [0.5, 0.6) is 0 Å². The number of anilines is 2. The van der Waals surface area contributed by atoms with Gasteiger partial charge in [0.05, 0.1) is 6.04 Å².